The van der Waals surface area contributed by atoms with Crippen LogP contribution in [0.4, 0.5) is 10.5 Å². The number of benzene rings is 1. The first kappa shape index (κ1) is 17.3. The summed E-state index contributed by atoms with van der Waals surface area (Å²) < 4.78 is 0. The number of halogens is 1. The molecule has 1 aliphatic rings. The van der Waals surface area contributed by atoms with Gasteiger partial charge in [0.1, 0.15) is 0 Å². The van der Waals surface area contributed by atoms with Gasteiger partial charge < -0.3 is 10.6 Å². The van der Waals surface area contributed by atoms with Crippen LogP contribution in [0.25, 0.3) is 0 Å². The first-order chi connectivity index (χ1) is 9.66. The highest BCUT2D eigenvalue weighted by Crippen LogP contribution is 2.17. The Kier molecular flexibility index (Phi) is 7.04. The smallest absolute Gasteiger partial charge is 0.288 e. The average Bonchev–Trinajstić information content (AvgIpc) is 2.78. The normalized spacial score (nSPS) is 13.8. The van der Waals surface area contributed by atoms with E-state index >= 15 is 0 Å². The topological polar surface area (TPSA) is 78.5 Å². The number of para-hydroxylation sites is 1. The lowest BCUT2D eigenvalue weighted by Crippen LogP contribution is -2.39. The molecule has 0 atom stereocenters. The number of imide groups is 1. The number of hydrogen-bond acceptors (Lipinski definition) is 5. The number of rotatable bonds is 6. The lowest BCUT2D eigenvalue weighted by molar-refractivity contribution is -0.125. The second-order valence-corrected chi connectivity index (χ2v) is 5.10. The fraction of sp³-hybridized carbons (Fsp3) is 0.308. The number of carbonyl (C=O) groups is 3. The van der Waals surface area contributed by atoms with Crippen LogP contribution >= 0.6 is 24.2 Å². The summed E-state index contributed by atoms with van der Waals surface area (Å²) in [5.74, 6) is -0.181. The molecule has 1 heterocycles. The van der Waals surface area contributed by atoms with Crippen molar-refractivity contribution in [3.8, 4) is 0 Å². The van der Waals surface area contributed by atoms with Gasteiger partial charge in [0.05, 0.1) is 12.3 Å². The van der Waals surface area contributed by atoms with Crippen molar-refractivity contribution < 1.29 is 14.4 Å². The second-order valence-electron chi connectivity index (χ2n) is 4.17. The van der Waals surface area contributed by atoms with Crippen molar-refractivity contribution in [3.63, 3.8) is 0 Å². The molecular formula is C13H16ClN3O3S. The molecule has 0 bridgehead atoms. The SMILES string of the molecule is Cl.O=C(CNc1ccccc1)NCCN1C(=O)CSC1=O. The van der Waals surface area contributed by atoms with Crippen LogP contribution in [-0.2, 0) is 9.59 Å². The number of hydrogen-bond donors (Lipinski definition) is 2. The highest BCUT2D eigenvalue weighted by Gasteiger charge is 2.29. The van der Waals surface area contributed by atoms with E-state index < -0.39 is 0 Å². The summed E-state index contributed by atoms with van der Waals surface area (Å²) in [7, 11) is 0. The molecule has 1 fully saturated rings. The maximum absolute atomic E-state index is 11.6. The van der Waals surface area contributed by atoms with E-state index in [0.717, 1.165) is 22.3 Å². The van der Waals surface area contributed by atoms with Crippen LogP contribution in [0.5, 0.6) is 0 Å². The Bertz CT molecular complexity index is 497. The zero-order chi connectivity index (χ0) is 14.4. The van der Waals surface area contributed by atoms with Crippen molar-refractivity contribution in [2.75, 3.05) is 30.7 Å². The van der Waals surface area contributed by atoms with Gasteiger partial charge in [-0.25, -0.2) is 0 Å². The number of amides is 3. The van der Waals surface area contributed by atoms with Crippen LogP contribution in [0, 0.1) is 0 Å². The third-order valence-corrected chi connectivity index (χ3v) is 3.58. The third-order valence-electron chi connectivity index (χ3n) is 2.72. The predicted molar refractivity (Wildman–Crippen MR) is 84.8 cm³/mol. The van der Waals surface area contributed by atoms with Crippen molar-refractivity contribution in [1.29, 1.82) is 0 Å². The fourth-order valence-electron chi connectivity index (χ4n) is 1.71. The van der Waals surface area contributed by atoms with Crippen molar-refractivity contribution in [1.82, 2.24) is 10.2 Å². The van der Waals surface area contributed by atoms with Crippen molar-refractivity contribution in [3.05, 3.63) is 30.3 Å². The van der Waals surface area contributed by atoms with E-state index in [1.54, 1.807) is 0 Å². The molecule has 0 saturated carbocycles. The van der Waals surface area contributed by atoms with Gasteiger partial charge in [-0.15, -0.1) is 12.4 Å². The van der Waals surface area contributed by atoms with E-state index in [1.165, 1.54) is 0 Å². The largest absolute Gasteiger partial charge is 0.376 e. The molecule has 1 aromatic rings. The quantitative estimate of drug-likeness (QED) is 0.823. The summed E-state index contributed by atoms with van der Waals surface area (Å²) >= 11 is 0.992. The molecule has 0 aromatic heterocycles. The lowest BCUT2D eigenvalue weighted by atomic mass is 10.3. The minimum Gasteiger partial charge on any atom is -0.376 e. The summed E-state index contributed by atoms with van der Waals surface area (Å²) in [6, 6.07) is 9.39. The number of nitrogens with zero attached hydrogens (tertiary/aromatic N) is 1. The summed E-state index contributed by atoms with van der Waals surface area (Å²) in [4.78, 5) is 35.4. The highest BCUT2D eigenvalue weighted by atomic mass is 35.5. The monoisotopic (exact) mass is 329 g/mol. The summed E-state index contributed by atoms with van der Waals surface area (Å²) in [5.41, 5.74) is 0.865. The van der Waals surface area contributed by atoms with Crippen LogP contribution in [0.2, 0.25) is 0 Å². The van der Waals surface area contributed by atoms with Gasteiger partial charge in [-0.1, -0.05) is 30.0 Å². The van der Waals surface area contributed by atoms with E-state index in [0.29, 0.717) is 0 Å². The average molecular weight is 330 g/mol. The minimum atomic E-state index is -0.244. The van der Waals surface area contributed by atoms with Crippen molar-refractivity contribution >= 4 is 46.9 Å². The van der Waals surface area contributed by atoms with Gasteiger partial charge >= 0.3 is 0 Å². The Labute approximate surface area is 133 Å². The van der Waals surface area contributed by atoms with Crippen molar-refractivity contribution in [2.24, 2.45) is 0 Å². The van der Waals surface area contributed by atoms with Crippen LogP contribution < -0.4 is 10.6 Å². The summed E-state index contributed by atoms with van der Waals surface area (Å²) in [6.07, 6.45) is 0. The summed E-state index contributed by atoms with van der Waals surface area (Å²) in [5, 5.41) is 5.40. The molecule has 21 heavy (non-hydrogen) atoms. The Balaban J connectivity index is 0.00000220. The molecule has 0 aliphatic carbocycles. The second kappa shape index (κ2) is 8.53. The van der Waals surface area contributed by atoms with E-state index in [9.17, 15) is 14.4 Å². The van der Waals surface area contributed by atoms with Gasteiger partial charge in [0.15, 0.2) is 0 Å². The van der Waals surface area contributed by atoms with Gasteiger partial charge in [0.2, 0.25) is 11.8 Å². The zero-order valence-corrected chi connectivity index (χ0v) is 12.8. The number of anilines is 1. The van der Waals surface area contributed by atoms with E-state index in [1.807, 2.05) is 30.3 Å². The molecule has 1 aliphatic heterocycles. The Morgan fingerprint density at radius 3 is 2.57 bits per heavy atom. The molecule has 2 rings (SSSR count). The van der Waals surface area contributed by atoms with Gasteiger partial charge in [-0.3, -0.25) is 19.3 Å². The molecule has 3 amide bonds. The molecule has 114 valence electrons. The van der Waals surface area contributed by atoms with E-state index in [2.05, 4.69) is 10.6 Å². The highest BCUT2D eigenvalue weighted by molar-refractivity contribution is 8.14. The predicted octanol–water partition coefficient (Wildman–Crippen LogP) is 1.33. The maximum atomic E-state index is 11.6. The van der Waals surface area contributed by atoms with Crippen LogP contribution in [0.1, 0.15) is 0 Å². The number of nitrogens with one attached hydrogen (secondary N) is 2. The summed E-state index contributed by atoms with van der Waals surface area (Å²) in [6.45, 7) is 0.649. The molecule has 0 radical (unpaired) electrons. The number of thioether (sulfide) groups is 1. The van der Waals surface area contributed by atoms with Gasteiger partial charge in [-0.05, 0) is 12.1 Å². The Morgan fingerprint density at radius 1 is 1.24 bits per heavy atom. The minimum absolute atomic E-state index is 0. The molecular weight excluding hydrogens is 314 g/mol. The van der Waals surface area contributed by atoms with E-state index in [-0.39, 0.29) is 54.8 Å². The molecule has 8 heteroatoms. The molecule has 0 spiro atoms. The van der Waals surface area contributed by atoms with Gasteiger partial charge in [0.25, 0.3) is 5.24 Å². The molecule has 2 N–H and O–H groups in total. The van der Waals surface area contributed by atoms with Crippen molar-refractivity contribution in [2.45, 2.75) is 0 Å². The zero-order valence-electron chi connectivity index (χ0n) is 11.2. The van der Waals surface area contributed by atoms with Crippen LogP contribution in [0.3, 0.4) is 0 Å². The first-order valence-electron chi connectivity index (χ1n) is 6.19. The first-order valence-corrected chi connectivity index (χ1v) is 7.18. The van der Waals surface area contributed by atoms with Crippen LogP contribution in [0.15, 0.2) is 30.3 Å². The molecule has 1 aromatic carbocycles. The van der Waals surface area contributed by atoms with E-state index in [4.69, 9.17) is 0 Å². The Hall–Kier alpha value is -1.73. The maximum Gasteiger partial charge on any atom is 0.288 e. The van der Waals surface area contributed by atoms with Gasteiger partial charge in [0, 0.05) is 18.8 Å². The molecule has 6 nitrogen and oxygen atoms in total. The van der Waals surface area contributed by atoms with Crippen LogP contribution in [-0.4, -0.2) is 47.3 Å². The third kappa shape index (κ3) is 5.28. The Morgan fingerprint density at radius 2 is 1.95 bits per heavy atom. The molecule has 0 unspecified atom stereocenters. The standard InChI is InChI=1S/C13H15N3O3S.ClH/c17-11(8-15-10-4-2-1-3-5-10)14-6-7-16-12(18)9-20-13(16)19;/h1-5,15H,6-9H2,(H,14,17);1H. The fourth-order valence-corrected chi connectivity index (χ4v) is 2.46. The van der Waals surface area contributed by atoms with Gasteiger partial charge in [-0.2, -0.15) is 0 Å². The molecule has 1 saturated heterocycles. The number of carbonyl (C=O) groups excluding carboxylic acids is 3. The lowest BCUT2D eigenvalue weighted by Gasteiger charge is -2.13.